The fourth-order valence-corrected chi connectivity index (χ4v) is 6.27. The Bertz CT molecular complexity index is 1300. The third kappa shape index (κ3) is 4.83. The number of benzene rings is 3. The quantitative estimate of drug-likeness (QED) is 0.433. The maximum absolute atomic E-state index is 13.0. The Kier molecular flexibility index (Phi) is 6.17. The molecule has 4 nitrogen and oxygen atoms in total. The monoisotopic (exact) mass is 489 g/mol. The molecule has 31 heavy (non-hydrogen) atoms. The molecule has 0 saturated carbocycles. The lowest BCUT2D eigenvalue weighted by atomic mass is 10.1. The van der Waals surface area contributed by atoms with Crippen LogP contribution in [-0.2, 0) is 20.4 Å². The molecular weight excluding hydrogens is 473 g/mol. The minimum Gasteiger partial charge on any atom is -0.320 e. The summed E-state index contributed by atoms with van der Waals surface area (Å²) in [6, 6.07) is 17.3. The van der Waals surface area contributed by atoms with Crippen molar-refractivity contribution in [1.82, 2.24) is 0 Å². The summed E-state index contributed by atoms with van der Waals surface area (Å²) in [4.78, 5) is 13.8. The average Bonchev–Trinajstić information content (AvgIpc) is 2.73. The maximum atomic E-state index is 13.0. The lowest BCUT2D eigenvalue weighted by Gasteiger charge is -2.19. The van der Waals surface area contributed by atoms with Gasteiger partial charge in [-0.15, -0.1) is 0 Å². The van der Waals surface area contributed by atoms with Gasteiger partial charge in [0, 0.05) is 20.5 Å². The van der Waals surface area contributed by atoms with Crippen molar-refractivity contribution in [3.63, 3.8) is 0 Å². The average molecular weight is 490 g/mol. The summed E-state index contributed by atoms with van der Waals surface area (Å²) in [7, 11) is -3.70. The second-order valence-corrected chi connectivity index (χ2v) is 11.0. The van der Waals surface area contributed by atoms with E-state index in [2.05, 4.69) is 5.32 Å². The van der Waals surface area contributed by atoms with Crippen LogP contribution in [0.3, 0.4) is 0 Å². The molecule has 0 aliphatic carbocycles. The van der Waals surface area contributed by atoms with Crippen molar-refractivity contribution in [2.45, 2.75) is 22.5 Å². The van der Waals surface area contributed by atoms with Crippen LogP contribution in [0.2, 0.25) is 10.0 Å². The Hall–Kier alpha value is -2.25. The Morgan fingerprint density at radius 1 is 1.00 bits per heavy atom. The Balaban J connectivity index is 1.65. The van der Waals surface area contributed by atoms with Crippen LogP contribution in [0.1, 0.15) is 16.7 Å². The van der Waals surface area contributed by atoms with Crippen LogP contribution in [0, 0.1) is 6.92 Å². The van der Waals surface area contributed by atoms with E-state index in [0.29, 0.717) is 31.1 Å². The van der Waals surface area contributed by atoms with E-state index in [1.807, 2.05) is 31.2 Å². The van der Waals surface area contributed by atoms with Gasteiger partial charge in [0.1, 0.15) is 0 Å². The van der Waals surface area contributed by atoms with Gasteiger partial charge in [0.25, 0.3) is 5.91 Å². The first-order valence-corrected chi connectivity index (χ1v) is 12.5. The summed E-state index contributed by atoms with van der Waals surface area (Å²) in [6.45, 7) is 1.99. The van der Waals surface area contributed by atoms with Crippen molar-refractivity contribution in [1.29, 1.82) is 0 Å². The van der Waals surface area contributed by atoms with Crippen LogP contribution in [-0.4, -0.2) is 14.3 Å². The van der Waals surface area contributed by atoms with Gasteiger partial charge >= 0.3 is 0 Å². The zero-order chi connectivity index (χ0) is 22.2. The Morgan fingerprint density at radius 2 is 1.68 bits per heavy atom. The van der Waals surface area contributed by atoms with Crippen molar-refractivity contribution in [2.24, 2.45) is 0 Å². The van der Waals surface area contributed by atoms with E-state index in [9.17, 15) is 13.2 Å². The van der Waals surface area contributed by atoms with E-state index in [-0.39, 0.29) is 16.6 Å². The molecule has 0 aromatic heterocycles. The minimum absolute atomic E-state index is 0.139. The predicted molar refractivity (Wildman–Crippen MR) is 127 cm³/mol. The second kappa shape index (κ2) is 8.71. The fourth-order valence-electron chi connectivity index (χ4n) is 3.09. The molecule has 8 heteroatoms. The van der Waals surface area contributed by atoms with Gasteiger partial charge in [-0.25, -0.2) is 8.42 Å². The van der Waals surface area contributed by atoms with Gasteiger partial charge in [0.2, 0.25) is 0 Å². The number of carbonyl (C=O) groups is 1. The number of aryl methyl sites for hydroxylation is 1. The lowest BCUT2D eigenvalue weighted by molar-refractivity contribution is -0.112. The fraction of sp³-hybridized carbons (Fsp3) is 0.0870. The van der Waals surface area contributed by atoms with Gasteiger partial charge in [-0.1, -0.05) is 70.9 Å². The number of halogens is 2. The van der Waals surface area contributed by atoms with Crippen LogP contribution in [0.15, 0.2) is 75.4 Å². The molecule has 0 fully saturated rings. The minimum atomic E-state index is -3.70. The van der Waals surface area contributed by atoms with E-state index in [1.165, 1.54) is 17.8 Å². The first kappa shape index (κ1) is 22.0. The van der Waals surface area contributed by atoms with E-state index in [0.717, 1.165) is 11.1 Å². The summed E-state index contributed by atoms with van der Waals surface area (Å²) in [5.41, 5.74) is 2.96. The summed E-state index contributed by atoms with van der Waals surface area (Å²) < 4.78 is 26.1. The SMILES string of the molecule is Cc1ccc(/C=C2/Sc3cc(S(=O)(=O)Cc4c(Cl)cccc4Cl)ccc3NC2=O)cc1. The molecule has 3 aromatic carbocycles. The summed E-state index contributed by atoms with van der Waals surface area (Å²) in [6.07, 6.45) is 1.78. The molecule has 0 atom stereocenters. The third-order valence-corrected chi connectivity index (χ3v) is 8.21. The van der Waals surface area contributed by atoms with Gasteiger partial charge in [-0.2, -0.15) is 0 Å². The third-order valence-electron chi connectivity index (χ3n) is 4.78. The summed E-state index contributed by atoms with van der Waals surface area (Å²) in [5, 5.41) is 3.43. The van der Waals surface area contributed by atoms with Crippen molar-refractivity contribution in [2.75, 3.05) is 5.32 Å². The second-order valence-electron chi connectivity index (χ2n) is 7.09. The number of nitrogens with one attached hydrogen (secondary N) is 1. The molecular formula is C23H17Cl2NO3S2. The van der Waals surface area contributed by atoms with Crippen molar-refractivity contribution in [3.05, 3.63) is 92.3 Å². The van der Waals surface area contributed by atoms with Gasteiger partial charge in [0.15, 0.2) is 9.84 Å². The largest absolute Gasteiger partial charge is 0.320 e. The van der Waals surface area contributed by atoms with Crippen LogP contribution < -0.4 is 5.32 Å². The van der Waals surface area contributed by atoms with Crippen molar-refractivity contribution >= 4 is 62.5 Å². The number of carbonyl (C=O) groups excluding carboxylic acids is 1. The van der Waals surface area contributed by atoms with Gasteiger partial charge < -0.3 is 5.32 Å². The van der Waals surface area contributed by atoms with Crippen LogP contribution in [0.25, 0.3) is 6.08 Å². The molecule has 0 spiro atoms. The normalized spacial score (nSPS) is 14.9. The molecule has 4 rings (SSSR count). The number of sulfone groups is 1. The zero-order valence-electron chi connectivity index (χ0n) is 16.4. The van der Waals surface area contributed by atoms with Gasteiger partial charge in [-0.05, 0) is 48.9 Å². The highest BCUT2D eigenvalue weighted by atomic mass is 35.5. The topological polar surface area (TPSA) is 63.2 Å². The molecule has 0 radical (unpaired) electrons. The highest BCUT2D eigenvalue weighted by Crippen LogP contribution is 2.40. The summed E-state index contributed by atoms with van der Waals surface area (Å²) in [5.74, 6) is -0.538. The molecule has 1 amide bonds. The maximum Gasteiger partial charge on any atom is 0.262 e. The predicted octanol–water partition coefficient (Wildman–Crippen LogP) is 6.36. The molecule has 0 bridgehead atoms. The van der Waals surface area contributed by atoms with Crippen LogP contribution >= 0.6 is 35.0 Å². The highest BCUT2D eigenvalue weighted by molar-refractivity contribution is 8.04. The molecule has 0 saturated heterocycles. The van der Waals surface area contributed by atoms with Crippen LogP contribution in [0.5, 0.6) is 0 Å². The van der Waals surface area contributed by atoms with Crippen molar-refractivity contribution < 1.29 is 13.2 Å². The first-order chi connectivity index (χ1) is 14.7. The molecule has 158 valence electrons. The standard InChI is InChI=1S/C23H17Cl2NO3S2/c1-14-5-7-15(8-6-14)11-22-23(27)26-20-10-9-16(12-21(20)30-22)31(28,29)13-17-18(24)3-2-4-19(17)25/h2-12H,13H2,1H3,(H,26,27)/b22-11+. The number of hydrogen-bond donors (Lipinski definition) is 1. The molecule has 1 aliphatic rings. The molecule has 3 aromatic rings. The van der Waals surface area contributed by atoms with Crippen molar-refractivity contribution in [3.8, 4) is 0 Å². The number of rotatable bonds is 4. The number of anilines is 1. The number of thioether (sulfide) groups is 1. The molecule has 1 N–H and O–H groups in total. The molecule has 0 unspecified atom stereocenters. The molecule has 1 aliphatic heterocycles. The number of amides is 1. The van der Waals surface area contributed by atoms with E-state index in [4.69, 9.17) is 23.2 Å². The molecule has 1 heterocycles. The first-order valence-electron chi connectivity index (χ1n) is 9.30. The highest BCUT2D eigenvalue weighted by Gasteiger charge is 2.25. The Morgan fingerprint density at radius 3 is 2.35 bits per heavy atom. The number of hydrogen-bond acceptors (Lipinski definition) is 4. The number of fused-ring (bicyclic) bond motifs is 1. The lowest BCUT2D eigenvalue weighted by Crippen LogP contribution is -2.17. The smallest absolute Gasteiger partial charge is 0.262 e. The van der Waals surface area contributed by atoms with Gasteiger partial charge in [0.05, 0.1) is 21.2 Å². The Labute approximate surface area is 195 Å². The van der Waals surface area contributed by atoms with Crippen LogP contribution in [0.4, 0.5) is 5.69 Å². The van der Waals surface area contributed by atoms with E-state index in [1.54, 1.807) is 36.4 Å². The van der Waals surface area contributed by atoms with Gasteiger partial charge in [-0.3, -0.25) is 4.79 Å². The van der Waals surface area contributed by atoms with E-state index >= 15 is 0 Å². The van der Waals surface area contributed by atoms with E-state index < -0.39 is 9.84 Å². The zero-order valence-corrected chi connectivity index (χ0v) is 19.5. The summed E-state index contributed by atoms with van der Waals surface area (Å²) >= 11 is 13.5.